The number of anilines is 2. The lowest BCUT2D eigenvalue weighted by atomic mass is 9.86. The molecule has 3 aliphatic rings. The summed E-state index contributed by atoms with van der Waals surface area (Å²) in [6.45, 7) is 4.29. The Morgan fingerprint density at radius 1 is 1.10 bits per heavy atom. The van der Waals surface area contributed by atoms with Gasteiger partial charge in [0.05, 0.1) is 5.75 Å². The summed E-state index contributed by atoms with van der Waals surface area (Å²) in [5, 5.41) is 11.5. The van der Waals surface area contributed by atoms with E-state index in [0.717, 1.165) is 40.9 Å². The van der Waals surface area contributed by atoms with Crippen molar-refractivity contribution in [3.05, 3.63) is 94.8 Å². The van der Waals surface area contributed by atoms with E-state index in [1.54, 1.807) is 16.4 Å². The molecule has 0 spiro atoms. The van der Waals surface area contributed by atoms with Crippen molar-refractivity contribution in [3.63, 3.8) is 0 Å². The number of aryl methyl sites for hydroxylation is 1. The van der Waals surface area contributed by atoms with E-state index in [4.69, 9.17) is 10.1 Å². The molecule has 3 aromatic carbocycles. The van der Waals surface area contributed by atoms with Crippen LogP contribution < -0.4 is 5.32 Å². The summed E-state index contributed by atoms with van der Waals surface area (Å²) in [7, 11) is -3.40. The van der Waals surface area contributed by atoms with Gasteiger partial charge in [0.25, 0.3) is 0 Å². The summed E-state index contributed by atoms with van der Waals surface area (Å²) < 4.78 is 47.7. The van der Waals surface area contributed by atoms with Crippen LogP contribution in [0.3, 0.4) is 0 Å². The van der Waals surface area contributed by atoms with Gasteiger partial charge in [-0.05, 0) is 84.7 Å². The molecule has 8 heteroatoms. The Labute approximate surface area is 229 Å². The molecule has 39 heavy (non-hydrogen) atoms. The maximum atomic E-state index is 13.6. The van der Waals surface area contributed by atoms with Gasteiger partial charge in [0.2, 0.25) is 10.0 Å². The van der Waals surface area contributed by atoms with Crippen LogP contribution in [-0.4, -0.2) is 51.0 Å². The maximum absolute atomic E-state index is 13.6. The van der Waals surface area contributed by atoms with Crippen LogP contribution in [0, 0.1) is 30.0 Å². The van der Waals surface area contributed by atoms with Crippen LogP contribution >= 0.6 is 0 Å². The number of nitrogens with zero attached hydrogens (tertiary/aromatic N) is 1. The van der Waals surface area contributed by atoms with Crippen LogP contribution in [0.2, 0.25) is 0 Å². The van der Waals surface area contributed by atoms with Crippen LogP contribution in [0.5, 0.6) is 0 Å². The molecule has 2 saturated heterocycles. The first-order chi connectivity index (χ1) is 18.8. The highest BCUT2D eigenvalue weighted by Crippen LogP contribution is 2.70. The van der Waals surface area contributed by atoms with Crippen molar-refractivity contribution in [2.45, 2.75) is 31.1 Å². The van der Waals surface area contributed by atoms with E-state index in [1.165, 1.54) is 23.9 Å². The lowest BCUT2D eigenvalue weighted by Gasteiger charge is -2.28. The van der Waals surface area contributed by atoms with Crippen LogP contribution in [0.15, 0.2) is 66.7 Å². The van der Waals surface area contributed by atoms with Crippen molar-refractivity contribution in [2.75, 3.05) is 37.4 Å². The number of ether oxygens (including phenoxy) is 1. The Morgan fingerprint density at radius 3 is 2.51 bits per heavy atom. The predicted octanol–water partition coefficient (Wildman–Crippen LogP) is 5.60. The number of halogens is 1. The van der Waals surface area contributed by atoms with Crippen molar-refractivity contribution in [3.8, 4) is 0 Å². The molecule has 3 fully saturated rings. The van der Waals surface area contributed by atoms with Gasteiger partial charge in [0.1, 0.15) is 5.82 Å². The second-order valence-electron chi connectivity index (χ2n) is 11.2. The highest BCUT2D eigenvalue weighted by atomic mass is 32.2. The highest BCUT2D eigenvalue weighted by Gasteiger charge is 2.71. The lowest BCUT2D eigenvalue weighted by Crippen LogP contribution is -2.38. The first kappa shape index (κ1) is 26.2. The molecule has 2 heterocycles. The minimum atomic E-state index is -3.40. The van der Waals surface area contributed by atoms with Crippen molar-refractivity contribution in [2.24, 2.45) is 11.8 Å². The molecule has 0 amide bonds. The normalized spacial score (nSPS) is 25.3. The molecule has 1 saturated carbocycles. The zero-order valence-electron chi connectivity index (χ0n) is 22.1. The van der Waals surface area contributed by atoms with Crippen LogP contribution in [-0.2, 0) is 20.2 Å². The number of nitrogens with one attached hydrogen (secondary N) is 2. The smallest absolute Gasteiger partial charge is 0.214 e. The average molecular weight is 548 g/mol. The molecular weight excluding hydrogens is 513 g/mol. The number of rotatable bonds is 8. The Kier molecular flexibility index (Phi) is 6.81. The Morgan fingerprint density at radius 2 is 1.82 bits per heavy atom. The van der Waals surface area contributed by atoms with E-state index in [-0.39, 0.29) is 34.7 Å². The molecule has 3 aromatic rings. The summed E-state index contributed by atoms with van der Waals surface area (Å²) in [6.07, 6.45) is 2.91. The van der Waals surface area contributed by atoms with Crippen molar-refractivity contribution in [1.29, 1.82) is 5.41 Å². The highest BCUT2D eigenvalue weighted by molar-refractivity contribution is 7.89. The molecule has 2 N–H and O–H groups in total. The Hall–Kier alpha value is -3.07. The maximum Gasteiger partial charge on any atom is 0.214 e. The molecule has 204 valence electrons. The quantitative estimate of drug-likeness (QED) is 0.360. The van der Waals surface area contributed by atoms with E-state index in [9.17, 15) is 12.8 Å². The van der Waals surface area contributed by atoms with Gasteiger partial charge >= 0.3 is 0 Å². The van der Waals surface area contributed by atoms with E-state index in [2.05, 4.69) is 30.4 Å². The summed E-state index contributed by atoms with van der Waals surface area (Å²) in [5.74, 6) is 0.423. The summed E-state index contributed by atoms with van der Waals surface area (Å²) >= 11 is 0. The number of sulfonamides is 1. The molecule has 6 nitrogen and oxygen atoms in total. The summed E-state index contributed by atoms with van der Waals surface area (Å²) in [4.78, 5) is 0. The molecule has 0 bridgehead atoms. The summed E-state index contributed by atoms with van der Waals surface area (Å²) in [5.41, 5.74) is 5.28. The van der Waals surface area contributed by atoms with E-state index < -0.39 is 10.0 Å². The van der Waals surface area contributed by atoms with Gasteiger partial charge in [-0.25, -0.2) is 17.1 Å². The van der Waals surface area contributed by atoms with Gasteiger partial charge in [0.15, 0.2) is 0 Å². The SMILES string of the molecule is Cc1cc(Nc2ccc(F)cc2)c(C=N)cc1[C@]12CN(S(=O)(=O)CC3CCOCC3)C[C@H]1[C@@H]2c1ccccc1. The minimum Gasteiger partial charge on any atom is -0.381 e. The minimum absolute atomic E-state index is 0.143. The third-order valence-corrected chi connectivity index (χ3v) is 10.8. The largest absolute Gasteiger partial charge is 0.381 e. The van der Waals surface area contributed by atoms with Gasteiger partial charge in [0, 0.05) is 60.8 Å². The third kappa shape index (κ3) is 4.79. The Balaban J connectivity index is 1.34. The number of piperidine rings is 1. The Bertz CT molecular complexity index is 1470. The molecule has 0 aromatic heterocycles. The fourth-order valence-corrected chi connectivity index (χ4v) is 8.83. The predicted molar refractivity (Wildman–Crippen MR) is 152 cm³/mol. The molecule has 0 radical (unpaired) electrons. The topological polar surface area (TPSA) is 82.5 Å². The molecular formula is C31H34FN3O3S. The molecule has 6 rings (SSSR count). The van der Waals surface area contributed by atoms with Crippen LogP contribution in [0.25, 0.3) is 0 Å². The van der Waals surface area contributed by atoms with Gasteiger partial charge in [-0.1, -0.05) is 30.3 Å². The zero-order valence-corrected chi connectivity index (χ0v) is 22.9. The molecule has 2 aliphatic heterocycles. The van der Waals surface area contributed by atoms with Gasteiger partial charge in [-0.2, -0.15) is 0 Å². The lowest BCUT2D eigenvalue weighted by molar-refractivity contribution is 0.0720. The van der Waals surface area contributed by atoms with Crippen LogP contribution in [0.4, 0.5) is 15.8 Å². The van der Waals surface area contributed by atoms with Gasteiger partial charge < -0.3 is 15.5 Å². The second-order valence-corrected chi connectivity index (χ2v) is 13.2. The molecule has 0 unspecified atom stereocenters. The fraction of sp³-hybridized carbons (Fsp3) is 0.387. The summed E-state index contributed by atoms with van der Waals surface area (Å²) in [6, 6.07) is 20.6. The second kappa shape index (κ2) is 10.2. The number of hydrogen-bond donors (Lipinski definition) is 2. The molecule has 1 aliphatic carbocycles. The van der Waals surface area contributed by atoms with E-state index in [0.29, 0.717) is 26.3 Å². The van der Waals surface area contributed by atoms with Gasteiger partial charge in [-0.15, -0.1) is 0 Å². The first-order valence-electron chi connectivity index (χ1n) is 13.6. The van der Waals surface area contributed by atoms with Crippen molar-refractivity contribution in [1.82, 2.24) is 4.31 Å². The van der Waals surface area contributed by atoms with Crippen molar-refractivity contribution >= 4 is 27.6 Å². The standard InChI is InChI=1S/C31H34FN3O3S/c1-21-15-29(34-26-9-7-25(32)8-10-26)24(17-33)16-27(21)31-20-35(39(36,37)19-22-11-13-38-14-12-22)18-28(31)30(31)23-5-3-2-4-6-23/h2-10,15-17,22,28,30,33-34H,11-14,18-20H2,1H3/t28-,30-,31+/m0/s1. The van der Waals surface area contributed by atoms with Crippen LogP contribution in [0.1, 0.15) is 41.0 Å². The third-order valence-electron chi connectivity index (χ3n) is 8.86. The number of fused-ring (bicyclic) bond motifs is 1. The fourth-order valence-electron chi connectivity index (χ4n) is 6.89. The average Bonchev–Trinajstić information content (AvgIpc) is 3.38. The van der Waals surface area contributed by atoms with Gasteiger partial charge in [-0.3, -0.25) is 0 Å². The zero-order chi connectivity index (χ0) is 27.2. The van der Waals surface area contributed by atoms with E-state index >= 15 is 0 Å². The van der Waals surface area contributed by atoms with E-state index in [1.807, 2.05) is 24.3 Å². The monoisotopic (exact) mass is 547 g/mol. The number of hydrogen-bond acceptors (Lipinski definition) is 5. The van der Waals surface area contributed by atoms with Crippen molar-refractivity contribution < 1.29 is 17.5 Å². The number of benzene rings is 3. The first-order valence-corrected chi connectivity index (χ1v) is 15.2. The molecule has 3 atom stereocenters.